The van der Waals surface area contributed by atoms with Crippen LogP contribution in [0.2, 0.25) is 0 Å². The summed E-state index contributed by atoms with van der Waals surface area (Å²) in [5, 5.41) is 34.7. The van der Waals surface area contributed by atoms with Crippen LogP contribution in [0.5, 0.6) is 11.6 Å². The van der Waals surface area contributed by atoms with Crippen molar-refractivity contribution in [3.05, 3.63) is 87.5 Å². The number of halogens is 3. The van der Waals surface area contributed by atoms with Crippen LogP contribution < -0.4 is 9.47 Å². The molecule has 2 N–H and O–H groups in total. The van der Waals surface area contributed by atoms with Crippen molar-refractivity contribution in [1.82, 2.24) is 9.88 Å². The number of hydrogen-bond donors (Lipinski definition) is 2. The Morgan fingerprint density at radius 1 is 1.15 bits per heavy atom. The molecule has 3 heterocycles. The molecule has 1 saturated heterocycles. The highest BCUT2D eigenvalue weighted by Crippen LogP contribution is 2.69. The Morgan fingerprint density at radius 2 is 1.82 bits per heavy atom. The van der Waals surface area contributed by atoms with Crippen molar-refractivity contribution >= 4 is 15.9 Å². The molecule has 10 heteroatoms. The van der Waals surface area contributed by atoms with Gasteiger partial charge in [-0.1, -0.05) is 58.4 Å². The Morgan fingerprint density at radius 3 is 2.45 bits per heavy atom. The van der Waals surface area contributed by atoms with E-state index in [0.717, 1.165) is 10.0 Å². The Balaban J connectivity index is 1.59. The van der Waals surface area contributed by atoms with E-state index in [0.29, 0.717) is 5.56 Å². The number of nitrogens with zero attached hydrogens (tertiary/aromatic N) is 3. The van der Waals surface area contributed by atoms with Crippen LogP contribution in [0.1, 0.15) is 41.1 Å². The molecule has 5 atom stereocenters. The van der Waals surface area contributed by atoms with E-state index in [9.17, 15) is 24.3 Å². The topological polar surface area (TPSA) is 98.8 Å². The van der Waals surface area contributed by atoms with Gasteiger partial charge in [0.25, 0.3) is 5.92 Å². The van der Waals surface area contributed by atoms with E-state index in [1.54, 1.807) is 0 Å². The van der Waals surface area contributed by atoms with E-state index in [-0.39, 0.29) is 55.4 Å². The van der Waals surface area contributed by atoms with E-state index in [4.69, 9.17) is 9.47 Å². The standard InChI is InChI=1S/C30H28BrF2N3O4/c1-39-27-25-23(15-21(16-34)35-27)40-30(19-7-9-20(31)10-8-19)24(18-5-3-2-4-6-18)22(26(37)29(25,30)38)17-36-13-11-28(32,33)12-14-36/h2-10,15,22,24,26,37-38H,11-14,17H2,1H3/t22-,24-,26-,29+,30+/m1/s1. The molecule has 1 saturated carbocycles. The molecule has 1 aliphatic carbocycles. The molecule has 3 aromatic rings. The molecule has 0 spiro atoms. The van der Waals surface area contributed by atoms with Crippen molar-refractivity contribution in [1.29, 1.82) is 5.26 Å². The molecule has 0 radical (unpaired) electrons. The van der Waals surface area contributed by atoms with Gasteiger partial charge in [0.1, 0.15) is 17.5 Å². The van der Waals surface area contributed by atoms with Gasteiger partial charge in [-0.3, -0.25) is 0 Å². The number of aliphatic hydroxyl groups excluding tert-OH is 1. The van der Waals surface area contributed by atoms with Gasteiger partial charge in [0, 0.05) is 54.9 Å². The summed E-state index contributed by atoms with van der Waals surface area (Å²) in [6, 6.07) is 20.3. The molecule has 40 heavy (non-hydrogen) atoms. The molecule has 0 bridgehead atoms. The third-order valence-corrected chi connectivity index (χ3v) is 9.19. The molecule has 0 amide bonds. The highest BCUT2D eigenvalue weighted by molar-refractivity contribution is 9.10. The Bertz CT molecular complexity index is 1460. The molecule has 7 nitrogen and oxygen atoms in total. The Labute approximate surface area is 239 Å². The van der Waals surface area contributed by atoms with Crippen LogP contribution in [0.4, 0.5) is 8.78 Å². The number of aromatic nitrogens is 1. The first-order valence-corrected chi connectivity index (χ1v) is 13.9. The summed E-state index contributed by atoms with van der Waals surface area (Å²) in [5.41, 5.74) is -1.97. The maximum absolute atomic E-state index is 14.0. The van der Waals surface area contributed by atoms with E-state index in [1.807, 2.05) is 65.6 Å². The number of benzene rings is 2. The average molecular weight is 612 g/mol. The van der Waals surface area contributed by atoms with Crippen molar-refractivity contribution < 1.29 is 28.5 Å². The van der Waals surface area contributed by atoms with Crippen molar-refractivity contribution in [2.24, 2.45) is 5.92 Å². The summed E-state index contributed by atoms with van der Waals surface area (Å²) >= 11 is 3.48. The van der Waals surface area contributed by atoms with Gasteiger partial charge in [-0.25, -0.2) is 13.8 Å². The second-order valence-electron chi connectivity index (χ2n) is 10.8. The summed E-state index contributed by atoms with van der Waals surface area (Å²) in [7, 11) is 1.38. The fourth-order valence-electron chi connectivity index (χ4n) is 6.90. The molecule has 2 fully saturated rings. The number of fused-ring (bicyclic) bond motifs is 3. The van der Waals surface area contributed by atoms with Crippen LogP contribution in [0.3, 0.4) is 0 Å². The lowest BCUT2D eigenvalue weighted by molar-refractivity contribution is -0.152. The summed E-state index contributed by atoms with van der Waals surface area (Å²) < 4.78 is 41.2. The third kappa shape index (κ3) is 3.94. The SMILES string of the molecule is COc1nc(C#N)cc2c1[C@]1(O)[C@H](O)[C@H](CN3CCC(F)(F)CC3)[C@@H](c3ccccc3)[C@]1(c1ccc(Br)cc1)O2. The number of hydrogen-bond acceptors (Lipinski definition) is 7. The zero-order valence-corrected chi connectivity index (χ0v) is 23.3. The monoisotopic (exact) mass is 611 g/mol. The van der Waals surface area contributed by atoms with Crippen LogP contribution in [-0.4, -0.2) is 58.9 Å². The van der Waals surface area contributed by atoms with Crippen LogP contribution in [0.25, 0.3) is 0 Å². The lowest BCUT2D eigenvalue weighted by Crippen LogP contribution is -2.52. The van der Waals surface area contributed by atoms with E-state index >= 15 is 0 Å². The Hall–Kier alpha value is -3.10. The van der Waals surface area contributed by atoms with Gasteiger partial charge in [0.2, 0.25) is 5.88 Å². The number of alkyl halides is 2. The van der Waals surface area contributed by atoms with Crippen molar-refractivity contribution in [2.75, 3.05) is 26.7 Å². The van der Waals surface area contributed by atoms with Gasteiger partial charge in [0.15, 0.2) is 11.2 Å². The fourth-order valence-corrected chi connectivity index (χ4v) is 7.16. The Kier molecular flexibility index (Phi) is 6.62. The summed E-state index contributed by atoms with van der Waals surface area (Å²) in [5.74, 6) is -3.75. The molecule has 2 aromatic carbocycles. The second-order valence-corrected chi connectivity index (χ2v) is 11.7. The first kappa shape index (κ1) is 27.1. The van der Waals surface area contributed by atoms with Crippen LogP contribution >= 0.6 is 15.9 Å². The normalized spacial score (nSPS) is 30.7. The quantitative estimate of drug-likeness (QED) is 0.431. The lowest BCUT2D eigenvalue weighted by atomic mass is 9.71. The van der Waals surface area contributed by atoms with Gasteiger partial charge in [-0.15, -0.1) is 0 Å². The minimum atomic E-state index is -2.71. The molecule has 6 rings (SSSR count). The number of nitriles is 1. The van der Waals surface area contributed by atoms with Gasteiger partial charge < -0.3 is 24.6 Å². The van der Waals surface area contributed by atoms with E-state index < -0.39 is 35.1 Å². The summed E-state index contributed by atoms with van der Waals surface area (Å²) in [4.78, 5) is 6.21. The van der Waals surface area contributed by atoms with Crippen molar-refractivity contribution in [3.63, 3.8) is 0 Å². The molecular weight excluding hydrogens is 584 g/mol. The molecule has 0 unspecified atom stereocenters. The first-order chi connectivity index (χ1) is 19.1. The van der Waals surface area contributed by atoms with Gasteiger partial charge >= 0.3 is 0 Å². The molecule has 1 aromatic heterocycles. The average Bonchev–Trinajstić information content (AvgIpc) is 3.32. The van der Waals surface area contributed by atoms with Gasteiger partial charge in [-0.2, -0.15) is 5.26 Å². The molecule has 2 aliphatic heterocycles. The van der Waals surface area contributed by atoms with Crippen molar-refractivity contribution in [3.8, 4) is 17.7 Å². The number of pyridine rings is 1. The summed E-state index contributed by atoms with van der Waals surface area (Å²) in [6.07, 6.45) is -1.92. The highest BCUT2D eigenvalue weighted by atomic mass is 79.9. The van der Waals surface area contributed by atoms with Crippen molar-refractivity contribution in [2.45, 2.75) is 42.0 Å². The smallest absolute Gasteiger partial charge is 0.250 e. The largest absolute Gasteiger partial charge is 0.481 e. The molecule has 3 aliphatic rings. The second kappa shape index (κ2) is 9.77. The molecular formula is C30H28BrF2N3O4. The minimum absolute atomic E-state index is 0.0142. The first-order valence-electron chi connectivity index (χ1n) is 13.1. The van der Waals surface area contributed by atoms with Gasteiger partial charge in [0.05, 0.1) is 18.8 Å². The lowest BCUT2D eigenvalue weighted by Gasteiger charge is -2.41. The molecule has 208 valence electrons. The maximum atomic E-state index is 14.0. The predicted molar refractivity (Wildman–Crippen MR) is 145 cm³/mol. The predicted octanol–water partition coefficient (Wildman–Crippen LogP) is 4.71. The number of piperidine rings is 1. The van der Waals surface area contributed by atoms with Crippen LogP contribution in [0, 0.1) is 17.2 Å². The number of aliphatic hydroxyl groups is 2. The maximum Gasteiger partial charge on any atom is 0.250 e. The minimum Gasteiger partial charge on any atom is -0.481 e. The van der Waals surface area contributed by atoms with E-state index in [1.165, 1.54) is 13.2 Å². The fraction of sp³-hybridized carbons (Fsp3) is 0.400. The third-order valence-electron chi connectivity index (χ3n) is 8.66. The van der Waals surface area contributed by atoms with Gasteiger partial charge in [-0.05, 0) is 23.3 Å². The highest BCUT2D eigenvalue weighted by Gasteiger charge is 2.77. The zero-order valence-electron chi connectivity index (χ0n) is 21.7. The van der Waals surface area contributed by atoms with Crippen LogP contribution in [-0.2, 0) is 11.2 Å². The van der Waals surface area contributed by atoms with Crippen LogP contribution in [0.15, 0.2) is 65.1 Å². The van der Waals surface area contributed by atoms with E-state index in [2.05, 4.69) is 20.9 Å². The number of likely N-dealkylation sites (tertiary alicyclic amines) is 1. The number of methoxy groups -OCH3 is 1. The zero-order chi connectivity index (χ0) is 28.3. The number of rotatable bonds is 5. The number of ether oxygens (including phenoxy) is 2. The summed E-state index contributed by atoms with van der Waals surface area (Å²) in [6.45, 7) is 0.618.